The van der Waals surface area contributed by atoms with E-state index in [2.05, 4.69) is 0 Å². The average molecular weight is 389 g/mol. The minimum Gasteiger partial charge on any atom is -0.461 e. The molecule has 0 aliphatic rings. The smallest absolute Gasteiger partial charge is 0.339 e. The Morgan fingerprint density at radius 1 is 1.25 bits per heavy atom. The fraction of sp³-hybridized carbons (Fsp3) is 0.188. The van der Waals surface area contributed by atoms with Crippen molar-refractivity contribution in [3.8, 4) is 0 Å². The highest BCUT2D eigenvalue weighted by Crippen LogP contribution is 2.23. The van der Waals surface area contributed by atoms with Crippen molar-refractivity contribution in [1.29, 1.82) is 0 Å². The molecule has 0 aliphatic heterocycles. The first-order valence-corrected chi connectivity index (χ1v) is 10.1. The van der Waals surface area contributed by atoms with Crippen LogP contribution in [0.3, 0.4) is 0 Å². The fourth-order valence-corrected chi connectivity index (χ4v) is 3.43. The number of rotatable bonds is 6. The van der Waals surface area contributed by atoms with Gasteiger partial charge in [-0.25, -0.2) is 17.6 Å². The van der Waals surface area contributed by atoms with Crippen LogP contribution in [0.25, 0.3) is 0 Å². The van der Waals surface area contributed by atoms with E-state index in [0.717, 1.165) is 6.26 Å². The quantitative estimate of drug-likeness (QED) is 0.427. The Balaban J connectivity index is 1.97. The van der Waals surface area contributed by atoms with E-state index in [-0.39, 0.29) is 27.9 Å². The van der Waals surface area contributed by atoms with Crippen molar-refractivity contribution < 1.29 is 22.3 Å². The maximum atomic E-state index is 13.4. The van der Waals surface area contributed by atoms with Gasteiger partial charge in [-0.3, -0.25) is 0 Å². The lowest BCUT2D eigenvalue weighted by atomic mass is 10.2. The van der Waals surface area contributed by atoms with Crippen LogP contribution in [0.15, 0.2) is 52.3 Å². The van der Waals surface area contributed by atoms with Gasteiger partial charge in [-0.2, -0.15) is 0 Å². The van der Waals surface area contributed by atoms with E-state index >= 15 is 0 Å². The minimum atomic E-state index is -3.45. The average Bonchev–Trinajstić information content (AvgIpc) is 2.52. The standard InChI is InChI=1S/C16H14ClFO4S2/c1-24(20,21)11-6-7-13(17)12(10-11)16(19)22-8-9-23-15-5-3-2-4-14(15)18/h2-7,10H,8-9H2,1H3. The molecule has 4 nitrogen and oxygen atoms in total. The van der Waals surface area contributed by atoms with Gasteiger partial charge in [0.2, 0.25) is 0 Å². The van der Waals surface area contributed by atoms with Crippen molar-refractivity contribution in [2.24, 2.45) is 0 Å². The van der Waals surface area contributed by atoms with Gasteiger partial charge in [-0.05, 0) is 30.3 Å². The molecule has 0 unspecified atom stereocenters. The number of esters is 1. The molecular formula is C16H14ClFO4S2. The third-order valence-corrected chi connectivity index (χ3v) is 5.45. The van der Waals surface area contributed by atoms with Crippen molar-refractivity contribution >= 4 is 39.2 Å². The summed E-state index contributed by atoms with van der Waals surface area (Å²) in [6, 6.07) is 10.1. The van der Waals surface area contributed by atoms with Gasteiger partial charge in [-0.15, -0.1) is 11.8 Å². The molecule has 2 aromatic carbocycles. The second-order valence-electron chi connectivity index (χ2n) is 4.83. The Kier molecular flexibility index (Phi) is 6.26. The van der Waals surface area contributed by atoms with Gasteiger partial charge in [0, 0.05) is 16.9 Å². The summed E-state index contributed by atoms with van der Waals surface area (Å²) < 4.78 is 41.6. The number of sulfone groups is 1. The lowest BCUT2D eigenvalue weighted by Crippen LogP contribution is -2.10. The first kappa shape index (κ1) is 18.8. The summed E-state index contributed by atoms with van der Waals surface area (Å²) in [4.78, 5) is 12.5. The maximum Gasteiger partial charge on any atom is 0.339 e. The van der Waals surface area contributed by atoms with E-state index in [9.17, 15) is 17.6 Å². The Labute approximate surface area is 148 Å². The Hall–Kier alpha value is -1.57. The summed E-state index contributed by atoms with van der Waals surface area (Å²) >= 11 is 7.13. The Morgan fingerprint density at radius 2 is 1.96 bits per heavy atom. The van der Waals surface area contributed by atoms with Gasteiger partial charge >= 0.3 is 5.97 Å². The molecule has 0 spiro atoms. The fourth-order valence-electron chi connectivity index (χ4n) is 1.82. The van der Waals surface area contributed by atoms with E-state index in [1.807, 2.05) is 0 Å². The van der Waals surface area contributed by atoms with E-state index < -0.39 is 15.8 Å². The van der Waals surface area contributed by atoms with E-state index in [1.54, 1.807) is 18.2 Å². The molecule has 8 heteroatoms. The molecule has 0 aliphatic carbocycles. The molecule has 0 bridgehead atoms. The number of thioether (sulfide) groups is 1. The molecule has 0 radical (unpaired) electrons. The number of carbonyl (C=O) groups excluding carboxylic acids is 1. The summed E-state index contributed by atoms with van der Waals surface area (Å²) in [6.07, 6.45) is 1.04. The van der Waals surface area contributed by atoms with Gasteiger partial charge in [0.1, 0.15) is 12.4 Å². The van der Waals surface area contributed by atoms with Crippen LogP contribution in [0, 0.1) is 5.82 Å². The summed E-state index contributed by atoms with van der Waals surface area (Å²) in [6.45, 7) is 0.0390. The predicted molar refractivity (Wildman–Crippen MR) is 92.0 cm³/mol. The number of hydrogen-bond donors (Lipinski definition) is 0. The van der Waals surface area contributed by atoms with Gasteiger partial charge in [-0.1, -0.05) is 23.7 Å². The number of hydrogen-bond acceptors (Lipinski definition) is 5. The van der Waals surface area contributed by atoms with Crippen molar-refractivity contribution in [3.05, 3.63) is 58.9 Å². The molecule has 0 amide bonds. The number of ether oxygens (including phenoxy) is 1. The second kappa shape index (κ2) is 8.00. The van der Waals surface area contributed by atoms with Crippen LogP contribution >= 0.6 is 23.4 Å². The Morgan fingerprint density at radius 3 is 2.62 bits per heavy atom. The third kappa shape index (κ3) is 4.96. The third-order valence-electron chi connectivity index (χ3n) is 3.00. The van der Waals surface area contributed by atoms with Crippen LogP contribution < -0.4 is 0 Å². The van der Waals surface area contributed by atoms with Gasteiger partial charge in [0.15, 0.2) is 9.84 Å². The topological polar surface area (TPSA) is 60.4 Å². The van der Waals surface area contributed by atoms with Crippen molar-refractivity contribution in [2.45, 2.75) is 9.79 Å². The number of carbonyl (C=O) groups is 1. The zero-order valence-electron chi connectivity index (χ0n) is 12.7. The summed E-state index contributed by atoms with van der Waals surface area (Å²) in [5.41, 5.74) is -0.0181. The van der Waals surface area contributed by atoms with Crippen molar-refractivity contribution in [2.75, 3.05) is 18.6 Å². The van der Waals surface area contributed by atoms with Crippen molar-refractivity contribution in [1.82, 2.24) is 0 Å². The normalized spacial score (nSPS) is 11.3. The van der Waals surface area contributed by atoms with Crippen LogP contribution in [0.4, 0.5) is 4.39 Å². The second-order valence-corrected chi connectivity index (χ2v) is 8.39. The molecule has 0 heterocycles. The monoisotopic (exact) mass is 388 g/mol. The zero-order chi connectivity index (χ0) is 17.7. The largest absolute Gasteiger partial charge is 0.461 e. The Bertz CT molecular complexity index is 853. The summed E-state index contributed by atoms with van der Waals surface area (Å²) in [5, 5.41) is 0.106. The van der Waals surface area contributed by atoms with Crippen LogP contribution in [0.2, 0.25) is 5.02 Å². The minimum absolute atomic E-state index is 0.0143. The SMILES string of the molecule is CS(=O)(=O)c1ccc(Cl)c(C(=O)OCCSc2ccccc2F)c1. The molecule has 0 fully saturated rings. The highest BCUT2D eigenvalue weighted by molar-refractivity contribution is 7.99. The van der Waals surface area contributed by atoms with E-state index in [1.165, 1.54) is 36.0 Å². The lowest BCUT2D eigenvalue weighted by molar-refractivity contribution is 0.0530. The number of halogens is 2. The first-order chi connectivity index (χ1) is 11.3. The molecule has 128 valence electrons. The van der Waals surface area contributed by atoms with Gasteiger partial charge in [0.05, 0.1) is 15.5 Å². The van der Waals surface area contributed by atoms with Crippen LogP contribution in [-0.2, 0) is 14.6 Å². The molecule has 2 aromatic rings. The molecule has 2 rings (SSSR count). The van der Waals surface area contributed by atoms with Crippen LogP contribution in [-0.4, -0.2) is 33.0 Å². The molecule has 0 aromatic heterocycles. The molecule has 0 saturated carbocycles. The number of benzene rings is 2. The molecule has 0 N–H and O–H groups in total. The predicted octanol–water partition coefficient (Wildman–Crippen LogP) is 3.83. The zero-order valence-corrected chi connectivity index (χ0v) is 15.1. The highest BCUT2D eigenvalue weighted by Gasteiger charge is 2.16. The van der Waals surface area contributed by atoms with E-state index in [0.29, 0.717) is 10.6 Å². The highest BCUT2D eigenvalue weighted by atomic mass is 35.5. The summed E-state index contributed by atoms with van der Waals surface area (Å²) in [7, 11) is -3.45. The molecule has 0 saturated heterocycles. The lowest BCUT2D eigenvalue weighted by Gasteiger charge is -2.08. The first-order valence-electron chi connectivity index (χ1n) is 6.83. The van der Waals surface area contributed by atoms with Crippen LogP contribution in [0.1, 0.15) is 10.4 Å². The molecule has 0 atom stereocenters. The molecular weight excluding hydrogens is 375 g/mol. The summed E-state index contributed by atoms with van der Waals surface area (Å²) in [5.74, 6) is -0.701. The van der Waals surface area contributed by atoms with Gasteiger partial charge in [0.25, 0.3) is 0 Å². The van der Waals surface area contributed by atoms with Crippen molar-refractivity contribution in [3.63, 3.8) is 0 Å². The maximum absolute atomic E-state index is 13.4. The van der Waals surface area contributed by atoms with Crippen LogP contribution in [0.5, 0.6) is 0 Å². The van der Waals surface area contributed by atoms with E-state index in [4.69, 9.17) is 16.3 Å². The molecule has 24 heavy (non-hydrogen) atoms. The van der Waals surface area contributed by atoms with Gasteiger partial charge < -0.3 is 4.74 Å².